The molecule has 1 aromatic heterocycles. The molecule has 2 saturated heterocycles. The zero-order valence-corrected chi connectivity index (χ0v) is 21.5. The quantitative estimate of drug-likeness (QED) is 0.279. The van der Waals surface area contributed by atoms with Crippen molar-refractivity contribution in [3.05, 3.63) is 59.4 Å². The summed E-state index contributed by atoms with van der Waals surface area (Å²) in [6.45, 7) is 9.14. The molecule has 2 fully saturated rings. The largest absolute Gasteiger partial charge is 0.507 e. The number of benzene rings is 1. The van der Waals surface area contributed by atoms with Crippen LogP contribution in [0.25, 0.3) is 5.76 Å². The van der Waals surface area contributed by atoms with Crippen molar-refractivity contribution in [1.29, 1.82) is 0 Å². The van der Waals surface area contributed by atoms with Gasteiger partial charge in [0.1, 0.15) is 5.76 Å². The van der Waals surface area contributed by atoms with Gasteiger partial charge in [0, 0.05) is 44.1 Å². The van der Waals surface area contributed by atoms with Crippen molar-refractivity contribution < 1.29 is 28.9 Å². The molecule has 0 radical (unpaired) electrons. The van der Waals surface area contributed by atoms with Gasteiger partial charge in [-0.15, -0.1) is 0 Å². The van der Waals surface area contributed by atoms with Crippen LogP contribution in [0.5, 0.6) is 11.5 Å². The minimum Gasteiger partial charge on any atom is -0.507 e. The van der Waals surface area contributed by atoms with Crippen molar-refractivity contribution >= 4 is 17.4 Å². The fourth-order valence-corrected chi connectivity index (χ4v) is 4.71. The number of aliphatic hydroxyl groups is 1. The van der Waals surface area contributed by atoms with Crippen molar-refractivity contribution in [3.63, 3.8) is 0 Å². The molecule has 1 amide bonds. The number of aromatic nitrogens is 1. The zero-order chi connectivity index (χ0) is 26.2. The summed E-state index contributed by atoms with van der Waals surface area (Å²) in [5.41, 5.74) is 1.17. The van der Waals surface area contributed by atoms with Gasteiger partial charge in [-0.25, -0.2) is 0 Å². The van der Waals surface area contributed by atoms with Gasteiger partial charge < -0.3 is 24.2 Å². The number of rotatable bonds is 11. The molecule has 0 spiro atoms. The van der Waals surface area contributed by atoms with Gasteiger partial charge in [0.25, 0.3) is 11.7 Å². The lowest BCUT2D eigenvalue weighted by atomic mass is 9.95. The second-order valence-corrected chi connectivity index (χ2v) is 9.02. The van der Waals surface area contributed by atoms with Gasteiger partial charge in [0.15, 0.2) is 11.5 Å². The van der Waals surface area contributed by atoms with Gasteiger partial charge in [-0.2, -0.15) is 0 Å². The van der Waals surface area contributed by atoms with Crippen LogP contribution in [0.4, 0.5) is 0 Å². The standard InChI is InChI=1S/C28H35N3O6/c1-3-16-37-22-7-6-21(19-23(22)36-4-2)25-24(26(32)20-8-10-29-11-9-20)27(33)28(34)31(25)13-5-12-30-14-17-35-18-15-30/h6-11,19,25,32H,3-5,12-18H2,1-2H3/b26-24+. The van der Waals surface area contributed by atoms with Crippen molar-refractivity contribution in [2.75, 3.05) is 52.6 Å². The Morgan fingerprint density at radius 1 is 1.05 bits per heavy atom. The molecule has 0 saturated carbocycles. The Labute approximate surface area is 217 Å². The average Bonchev–Trinajstić information content (AvgIpc) is 3.18. The summed E-state index contributed by atoms with van der Waals surface area (Å²) in [4.78, 5) is 34.4. The number of hydrogen-bond donors (Lipinski definition) is 1. The first-order valence-corrected chi connectivity index (χ1v) is 12.9. The Balaban J connectivity index is 1.71. The van der Waals surface area contributed by atoms with Crippen LogP contribution >= 0.6 is 0 Å². The van der Waals surface area contributed by atoms with E-state index in [4.69, 9.17) is 14.2 Å². The van der Waals surface area contributed by atoms with E-state index >= 15 is 0 Å². The Morgan fingerprint density at radius 2 is 1.81 bits per heavy atom. The molecule has 1 atom stereocenters. The molecule has 2 aromatic rings. The van der Waals surface area contributed by atoms with Crippen molar-refractivity contribution in [1.82, 2.24) is 14.8 Å². The topological polar surface area (TPSA) is 101 Å². The van der Waals surface area contributed by atoms with E-state index in [0.29, 0.717) is 62.0 Å². The molecule has 9 heteroatoms. The van der Waals surface area contributed by atoms with Crippen LogP contribution < -0.4 is 9.47 Å². The van der Waals surface area contributed by atoms with Crippen LogP contribution in [-0.4, -0.2) is 84.2 Å². The molecule has 3 heterocycles. The highest BCUT2D eigenvalue weighted by Crippen LogP contribution is 2.42. The van der Waals surface area contributed by atoms with E-state index in [-0.39, 0.29) is 11.3 Å². The predicted molar refractivity (Wildman–Crippen MR) is 139 cm³/mol. The molecule has 0 aliphatic carbocycles. The number of ether oxygens (including phenoxy) is 3. The van der Waals surface area contributed by atoms with Crippen LogP contribution in [0.3, 0.4) is 0 Å². The maximum atomic E-state index is 13.3. The first-order chi connectivity index (χ1) is 18.0. The van der Waals surface area contributed by atoms with E-state index in [1.165, 1.54) is 12.4 Å². The maximum Gasteiger partial charge on any atom is 0.295 e. The van der Waals surface area contributed by atoms with Crippen LogP contribution in [0.1, 0.15) is 43.9 Å². The van der Waals surface area contributed by atoms with E-state index in [0.717, 1.165) is 26.1 Å². The van der Waals surface area contributed by atoms with Crippen LogP contribution in [0.2, 0.25) is 0 Å². The van der Waals surface area contributed by atoms with Gasteiger partial charge in [-0.3, -0.25) is 19.5 Å². The highest BCUT2D eigenvalue weighted by molar-refractivity contribution is 6.46. The van der Waals surface area contributed by atoms with Gasteiger partial charge in [-0.05, 0) is 49.6 Å². The molecule has 9 nitrogen and oxygen atoms in total. The number of carbonyl (C=O) groups excluding carboxylic acids is 2. The number of nitrogens with zero attached hydrogens (tertiary/aromatic N) is 3. The molecule has 1 N–H and O–H groups in total. The number of likely N-dealkylation sites (tertiary alicyclic amines) is 1. The fourth-order valence-electron chi connectivity index (χ4n) is 4.71. The van der Waals surface area contributed by atoms with Crippen LogP contribution in [-0.2, 0) is 14.3 Å². The minimum absolute atomic E-state index is 0.0623. The number of hydrogen-bond acceptors (Lipinski definition) is 8. The average molecular weight is 510 g/mol. The number of aliphatic hydroxyl groups excluding tert-OH is 1. The normalized spacial score (nSPS) is 19.8. The Bertz CT molecular complexity index is 1110. The monoisotopic (exact) mass is 509 g/mol. The number of Topliss-reactive ketones (excluding diaryl/α,β-unsaturated/α-hetero) is 1. The lowest BCUT2D eigenvalue weighted by Gasteiger charge is -2.29. The van der Waals surface area contributed by atoms with Gasteiger partial charge in [0.2, 0.25) is 0 Å². The summed E-state index contributed by atoms with van der Waals surface area (Å²) < 4.78 is 17.1. The molecule has 0 bridgehead atoms. The first kappa shape index (κ1) is 26.6. The summed E-state index contributed by atoms with van der Waals surface area (Å²) in [5, 5.41) is 11.2. The second kappa shape index (κ2) is 12.7. The summed E-state index contributed by atoms with van der Waals surface area (Å²) >= 11 is 0. The van der Waals surface area contributed by atoms with Gasteiger partial charge in [-0.1, -0.05) is 13.0 Å². The molecule has 198 valence electrons. The first-order valence-electron chi connectivity index (χ1n) is 12.9. The molecular weight excluding hydrogens is 474 g/mol. The summed E-state index contributed by atoms with van der Waals surface area (Å²) in [6.07, 6.45) is 4.61. The lowest BCUT2D eigenvalue weighted by molar-refractivity contribution is -0.140. The number of pyridine rings is 1. The lowest BCUT2D eigenvalue weighted by Crippen LogP contribution is -2.39. The van der Waals surface area contributed by atoms with E-state index in [9.17, 15) is 14.7 Å². The third kappa shape index (κ3) is 6.11. The van der Waals surface area contributed by atoms with Crippen molar-refractivity contribution in [3.8, 4) is 11.5 Å². The zero-order valence-electron chi connectivity index (χ0n) is 21.5. The van der Waals surface area contributed by atoms with Crippen molar-refractivity contribution in [2.45, 2.75) is 32.7 Å². The molecule has 1 unspecified atom stereocenters. The Morgan fingerprint density at radius 3 is 2.51 bits per heavy atom. The predicted octanol–water partition coefficient (Wildman–Crippen LogP) is 3.41. The molecular formula is C28H35N3O6. The van der Waals surface area contributed by atoms with Crippen LogP contribution in [0.15, 0.2) is 48.3 Å². The van der Waals surface area contributed by atoms with E-state index < -0.39 is 17.7 Å². The van der Waals surface area contributed by atoms with Crippen molar-refractivity contribution in [2.24, 2.45) is 0 Å². The summed E-state index contributed by atoms with van der Waals surface area (Å²) in [6, 6.07) is 7.92. The number of morpholine rings is 1. The number of ketones is 1. The highest BCUT2D eigenvalue weighted by Gasteiger charge is 2.46. The fraction of sp³-hybridized carbons (Fsp3) is 0.464. The molecule has 2 aliphatic rings. The van der Waals surface area contributed by atoms with E-state index in [2.05, 4.69) is 9.88 Å². The third-order valence-electron chi connectivity index (χ3n) is 6.52. The Kier molecular flexibility index (Phi) is 9.14. The smallest absolute Gasteiger partial charge is 0.295 e. The number of amides is 1. The number of carbonyl (C=O) groups is 2. The molecule has 2 aliphatic heterocycles. The van der Waals surface area contributed by atoms with Crippen LogP contribution in [0, 0.1) is 0 Å². The van der Waals surface area contributed by atoms with Gasteiger partial charge >= 0.3 is 0 Å². The third-order valence-corrected chi connectivity index (χ3v) is 6.52. The molecule has 37 heavy (non-hydrogen) atoms. The SMILES string of the molecule is CCCOc1ccc(C2/C(=C(\O)c3ccncc3)C(=O)C(=O)N2CCCN2CCOCC2)cc1OCC. The molecule has 4 rings (SSSR count). The second-order valence-electron chi connectivity index (χ2n) is 9.02. The summed E-state index contributed by atoms with van der Waals surface area (Å²) in [7, 11) is 0. The van der Waals surface area contributed by atoms with E-state index in [1.807, 2.05) is 19.9 Å². The Hall–Kier alpha value is -3.43. The van der Waals surface area contributed by atoms with Gasteiger partial charge in [0.05, 0.1) is 38.0 Å². The maximum absolute atomic E-state index is 13.3. The summed E-state index contributed by atoms with van der Waals surface area (Å²) in [5.74, 6) is -0.394. The van der Waals surface area contributed by atoms with E-state index in [1.54, 1.807) is 29.2 Å². The highest BCUT2D eigenvalue weighted by atomic mass is 16.5. The minimum atomic E-state index is -0.753. The molecule has 1 aromatic carbocycles.